The lowest BCUT2D eigenvalue weighted by Gasteiger charge is -2.12. The molecule has 0 fully saturated rings. The first kappa shape index (κ1) is 24.3. The zero-order chi connectivity index (χ0) is 19.0. The normalized spacial score (nSPS) is 13.3. The molecule has 0 spiro atoms. The van der Waals surface area contributed by atoms with Crippen LogP contribution in [0.25, 0.3) is 0 Å². The second-order valence-corrected chi connectivity index (χ2v) is 7.28. The molecule has 0 heterocycles. The highest BCUT2D eigenvalue weighted by Gasteiger charge is 2.17. The van der Waals surface area contributed by atoms with Gasteiger partial charge in [0.2, 0.25) is 0 Å². The van der Waals surface area contributed by atoms with Gasteiger partial charge in [-0.1, -0.05) is 44.8 Å². The molecule has 3 N–H and O–H groups in total. The molecule has 8 heteroatoms. The van der Waals surface area contributed by atoms with Crippen molar-refractivity contribution in [3.63, 3.8) is 0 Å². The Balaban J connectivity index is 3.45. The first-order valence-corrected chi connectivity index (χ1v) is 10.6. The van der Waals surface area contributed by atoms with Crippen LogP contribution in [0, 0.1) is 0 Å². The highest BCUT2D eigenvalue weighted by Crippen LogP contribution is 2.35. The minimum atomic E-state index is -4.61. The topological polar surface area (TPSA) is 113 Å². The van der Waals surface area contributed by atoms with E-state index in [1.165, 1.54) is 19.3 Å². The number of rotatable bonds is 16. The van der Waals surface area contributed by atoms with Crippen LogP contribution >= 0.6 is 7.82 Å². The molecule has 0 aromatic carbocycles. The third-order valence-electron chi connectivity index (χ3n) is 3.51. The van der Waals surface area contributed by atoms with Gasteiger partial charge in [-0.25, -0.2) is 4.57 Å². The van der Waals surface area contributed by atoms with Crippen LogP contribution in [0.15, 0.2) is 12.2 Å². The van der Waals surface area contributed by atoms with Crippen molar-refractivity contribution >= 4 is 13.8 Å². The fraction of sp³-hybridized carbons (Fsp3) is 0.824. The van der Waals surface area contributed by atoms with E-state index in [0.29, 0.717) is 0 Å². The Labute approximate surface area is 150 Å². The van der Waals surface area contributed by atoms with Gasteiger partial charge in [-0.2, -0.15) is 0 Å². The summed E-state index contributed by atoms with van der Waals surface area (Å²) >= 11 is 0. The Bertz CT molecular complexity index is 406. The van der Waals surface area contributed by atoms with Crippen LogP contribution in [0.4, 0.5) is 0 Å². The van der Waals surface area contributed by atoms with E-state index in [0.717, 1.165) is 38.5 Å². The molecule has 0 aliphatic rings. The predicted molar refractivity (Wildman–Crippen MR) is 95.9 cm³/mol. The Morgan fingerprint density at radius 3 is 2.20 bits per heavy atom. The number of unbranched alkanes of at least 4 members (excludes halogenated alkanes) is 7. The molecule has 148 valence electrons. The SMILES string of the molecule is CCCCC/C=C\CCCCCCC(=O)OC[C@H](O)COP(=O)(O)O. The van der Waals surface area contributed by atoms with Gasteiger partial charge in [-0.3, -0.25) is 9.32 Å². The molecule has 0 saturated carbocycles. The first-order chi connectivity index (χ1) is 11.8. The van der Waals surface area contributed by atoms with Gasteiger partial charge in [0.25, 0.3) is 0 Å². The summed E-state index contributed by atoms with van der Waals surface area (Å²) in [6.07, 6.45) is 13.4. The molecular weight excluding hydrogens is 347 g/mol. The van der Waals surface area contributed by atoms with Crippen LogP contribution in [0.1, 0.15) is 71.1 Å². The van der Waals surface area contributed by atoms with E-state index < -0.39 is 26.5 Å². The minimum Gasteiger partial charge on any atom is -0.463 e. The third-order valence-corrected chi connectivity index (χ3v) is 4.00. The molecule has 0 aliphatic carbocycles. The van der Waals surface area contributed by atoms with Crippen molar-refractivity contribution in [1.29, 1.82) is 0 Å². The predicted octanol–water partition coefficient (Wildman–Crippen LogP) is 3.48. The molecule has 0 bridgehead atoms. The maximum atomic E-state index is 11.5. The van der Waals surface area contributed by atoms with Crippen LogP contribution < -0.4 is 0 Å². The quantitative estimate of drug-likeness (QED) is 0.163. The molecule has 7 nitrogen and oxygen atoms in total. The maximum Gasteiger partial charge on any atom is 0.469 e. The van der Waals surface area contributed by atoms with Gasteiger partial charge < -0.3 is 19.6 Å². The van der Waals surface area contributed by atoms with Crippen molar-refractivity contribution in [2.45, 2.75) is 77.2 Å². The van der Waals surface area contributed by atoms with Crippen molar-refractivity contribution in [1.82, 2.24) is 0 Å². The molecule has 1 atom stereocenters. The molecule has 0 radical (unpaired) electrons. The number of phosphoric ester groups is 1. The summed E-state index contributed by atoms with van der Waals surface area (Å²) in [4.78, 5) is 28.4. The second-order valence-electron chi connectivity index (χ2n) is 6.04. The van der Waals surface area contributed by atoms with Gasteiger partial charge in [-0.05, 0) is 32.1 Å². The highest BCUT2D eigenvalue weighted by molar-refractivity contribution is 7.46. The van der Waals surface area contributed by atoms with E-state index in [1.807, 2.05) is 0 Å². The lowest BCUT2D eigenvalue weighted by Crippen LogP contribution is -2.23. The lowest BCUT2D eigenvalue weighted by molar-refractivity contribution is -0.147. The fourth-order valence-corrected chi connectivity index (χ4v) is 2.49. The van der Waals surface area contributed by atoms with E-state index in [9.17, 15) is 14.5 Å². The highest BCUT2D eigenvalue weighted by atomic mass is 31.2. The van der Waals surface area contributed by atoms with E-state index in [2.05, 4.69) is 23.6 Å². The van der Waals surface area contributed by atoms with Crippen molar-refractivity contribution in [3.8, 4) is 0 Å². The smallest absolute Gasteiger partial charge is 0.463 e. The molecule has 0 saturated heterocycles. The summed E-state index contributed by atoms with van der Waals surface area (Å²) in [6, 6.07) is 0. The molecule has 0 aromatic heterocycles. The molecule has 0 amide bonds. The van der Waals surface area contributed by atoms with Crippen molar-refractivity contribution in [2.75, 3.05) is 13.2 Å². The van der Waals surface area contributed by atoms with Gasteiger partial charge in [0.1, 0.15) is 12.7 Å². The Kier molecular flexibility index (Phi) is 15.1. The van der Waals surface area contributed by atoms with Crippen molar-refractivity contribution in [3.05, 3.63) is 12.2 Å². The number of carbonyl (C=O) groups excluding carboxylic acids is 1. The van der Waals surface area contributed by atoms with Gasteiger partial charge in [0.15, 0.2) is 0 Å². The molecule has 0 rings (SSSR count). The molecule has 0 unspecified atom stereocenters. The largest absolute Gasteiger partial charge is 0.469 e. The lowest BCUT2D eigenvalue weighted by atomic mass is 10.1. The Hall–Kier alpha value is -0.720. The van der Waals surface area contributed by atoms with Crippen LogP contribution in [0.5, 0.6) is 0 Å². The fourth-order valence-electron chi connectivity index (χ4n) is 2.13. The van der Waals surface area contributed by atoms with Crippen LogP contribution in [-0.4, -0.2) is 40.2 Å². The molecule has 25 heavy (non-hydrogen) atoms. The summed E-state index contributed by atoms with van der Waals surface area (Å²) in [5.41, 5.74) is 0. The van der Waals surface area contributed by atoms with Crippen molar-refractivity contribution < 1.29 is 33.5 Å². The van der Waals surface area contributed by atoms with E-state index in [4.69, 9.17) is 14.5 Å². The average Bonchev–Trinajstić information content (AvgIpc) is 2.55. The standard InChI is InChI=1S/C17H33O7P/c1-2-3-4-5-6-7-8-9-10-11-12-13-17(19)23-14-16(18)15-24-25(20,21)22/h6-7,16,18H,2-5,8-15H2,1H3,(H2,20,21,22)/b7-6-/t16-/m0/s1. The summed E-state index contributed by atoms with van der Waals surface area (Å²) in [5, 5.41) is 9.37. The minimum absolute atomic E-state index is 0.277. The number of ether oxygens (including phenoxy) is 1. The van der Waals surface area contributed by atoms with Crippen LogP contribution in [0.3, 0.4) is 0 Å². The van der Waals surface area contributed by atoms with E-state index in [1.54, 1.807) is 0 Å². The Morgan fingerprint density at radius 2 is 1.60 bits per heavy atom. The zero-order valence-electron chi connectivity index (χ0n) is 15.1. The molecule has 0 aliphatic heterocycles. The number of aliphatic hydroxyl groups excluding tert-OH is 1. The molecular formula is C17H33O7P. The second kappa shape index (κ2) is 15.5. The van der Waals surface area contributed by atoms with E-state index >= 15 is 0 Å². The maximum absolute atomic E-state index is 11.5. The van der Waals surface area contributed by atoms with Crippen LogP contribution in [-0.2, 0) is 18.6 Å². The number of phosphoric acid groups is 1. The third kappa shape index (κ3) is 19.5. The number of hydrogen-bond acceptors (Lipinski definition) is 5. The van der Waals surface area contributed by atoms with Crippen molar-refractivity contribution in [2.24, 2.45) is 0 Å². The molecule has 0 aromatic rings. The number of allylic oxidation sites excluding steroid dienone is 2. The van der Waals surface area contributed by atoms with Gasteiger partial charge >= 0.3 is 13.8 Å². The summed E-state index contributed by atoms with van der Waals surface area (Å²) in [5.74, 6) is -0.425. The monoisotopic (exact) mass is 380 g/mol. The van der Waals surface area contributed by atoms with E-state index in [-0.39, 0.29) is 13.0 Å². The number of carbonyl (C=O) groups is 1. The number of aliphatic hydroxyl groups is 1. The number of esters is 1. The van der Waals surface area contributed by atoms with Crippen LogP contribution in [0.2, 0.25) is 0 Å². The summed E-state index contributed by atoms with van der Waals surface area (Å²) < 4.78 is 19.4. The summed E-state index contributed by atoms with van der Waals surface area (Å²) in [6.45, 7) is 1.29. The van der Waals surface area contributed by atoms with Gasteiger partial charge in [-0.15, -0.1) is 0 Å². The van der Waals surface area contributed by atoms with Gasteiger partial charge in [0.05, 0.1) is 6.61 Å². The Morgan fingerprint density at radius 1 is 1.00 bits per heavy atom. The zero-order valence-corrected chi connectivity index (χ0v) is 16.0. The summed E-state index contributed by atoms with van der Waals surface area (Å²) in [7, 11) is -4.61. The number of hydrogen-bond donors (Lipinski definition) is 3. The average molecular weight is 380 g/mol. The first-order valence-electron chi connectivity index (χ1n) is 9.04. The van der Waals surface area contributed by atoms with Gasteiger partial charge in [0, 0.05) is 6.42 Å².